The van der Waals surface area contributed by atoms with Gasteiger partial charge in [0.1, 0.15) is 12.4 Å². The molecular formula is C16H21NO5S. The summed E-state index contributed by atoms with van der Waals surface area (Å²) in [6.45, 7) is 6.33. The number of benzene rings is 1. The van der Waals surface area contributed by atoms with Gasteiger partial charge >= 0.3 is 5.97 Å². The summed E-state index contributed by atoms with van der Waals surface area (Å²) >= 11 is 1.33. The van der Waals surface area contributed by atoms with Crippen molar-refractivity contribution < 1.29 is 24.2 Å². The SMILES string of the molecule is C=C(C)C(=O)OCCSc1c(OC)cc(C(C)=O)c(N)c1CO. The summed E-state index contributed by atoms with van der Waals surface area (Å²) in [5, 5.41) is 9.59. The van der Waals surface area contributed by atoms with Crippen molar-refractivity contribution in [1.82, 2.24) is 0 Å². The number of carbonyl (C=O) groups excluding carboxylic acids is 2. The fourth-order valence-electron chi connectivity index (χ4n) is 1.87. The van der Waals surface area contributed by atoms with Crippen LogP contribution < -0.4 is 10.5 Å². The normalized spacial score (nSPS) is 10.3. The van der Waals surface area contributed by atoms with Crippen LogP contribution in [0.2, 0.25) is 0 Å². The van der Waals surface area contributed by atoms with Crippen molar-refractivity contribution in [3.63, 3.8) is 0 Å². The molecule has 0 aliphatic rings. The van der Waals surface area contributed by atoms with E-state index < -0.39 is 5.97 Å². The first-order chi connectivity index (χ1) is 10.8. The molecule has 0 fully saturated rings. The topological polar surface area (TPSA) is 98.9 Å². The lowest BCUT2D eigenvalue weighted by molar-refractivity contribution is -0.138. The van der Waals surface area contributed by atoms with E-state index in [-0.39, 0.29) is 24.7 Å². The number of aliphatic hydroxyl groups excluding tert-OH is 1. The lowest BCUT2D eigenvalue weighted by atomic mass is 10.0. The minimum atomic E-state index is -0.452. The molecule has 3 N–H and O–H groups in total. The van der Waals surface area contributed by atoms with Crippen LogP contribution in [-0.4, -0.2) is 36.3 Å². The Morgan fingerprint density at radius 2 is 2.04 bits per heavy atom. The molecule has 0 saturated carbocycles. The summed E-state index contributed by atoms with van der Waals surface area (Å²) in [5.41, 5.74) is 7.28. The quantitative estimate of drug-likeness (QED) is 0.187. The highest BCUT2D eigenvalue weighted by Crippen LogP contribution is 2.38. The second-order valence-electron chi connectivity index (χ2n) is 4.83. The average Bonchev–Trinajstić information content (AvgIpc) is 2.50. The second kappa shape index (κ2) is 8.59. The van der Waals surface area contributed by atoms with Gasteiger partial charge in [-0.3, -0.25) is 4.79 Å². The third-order valence-electron chi connectivity index (χ3n) is 3.06. The van der Waals surface area contributed by atoms with Crippen molar-refractivity contribution in [1.29, 1.82) is 0 Å². The molecule has 1 aromatic carbocycles. The first-order valence-corrected chi connectivity index (χ1v) is 7.88. The molecule has 126 valence electrons. The van der Waals surface area contributed by atoms with Gasteiger partial charge < -0.3 is 20.3 Å². The average molecular weight is 339 g/mol. The summed E-state index contributed by atoms with van der Waals surface area (Å²) in [6.07, 6.45) is 0. The molecule has 0 bridgehead atoms. The number of esters is 1. The Labute approximate surface area is 139 Å². The zero-order valence-electron chi connectivity index (χ0n) is 13.5. The summed E-state index contributed by atoms with van der Waals surface area (Å²) in [4.78, 5) is 23.6. The molecule has 0 amide bonds. The smallest absolute Gasteiger partial charge is 0.333 e. The van der Waals surface area contributed by atoms with Crippen molar-refractivity contribution in [2.75, 3.05) is 25.2 Å². The van der Waals surface area contributed by atoms with Crippen molar-refractivity contribution >= 4 is 29.2 Å². The first kappa shape index (κ1) is 19.1. The van der Waals surface area contributed by atoms with E-state index in [1.165, 1.54) is 25.8 Å². The first-order valence-electron chi connectivity index (χ1n) is 6.90. The summed E-state index contributed by atoms with van der Waals surface area (Å²) in [7, 11) is 1.47. The molecule has 1 aromatic rings. The number of aliphatic hydroxyl groups is 1. The molecule has 0 aromatic heterocycles. The fourth-order valence-corrected chi connectivity index (χ4v) is 2.87. The number of anilines is 1. The van der Waals surface area contributed by atoms with Crippen LogP contribution >= 0.6 is 11.8 Å². The fraction of sp³-hybridized carbons (Fsp3) is 0.375. The van der Waals surface area contributed by atoms with Gasteiger partial charge in [-0.15, -0.1) is 11.8 Å². The maximum absolute atomic E-state index is 11.6. The van der Waals surface area contributed by atoms with Gasteiger partial charge in [0.05, 0.1) is 18.6 Å². The maximum atomic E-state index is 11.6. The van der Waals surface area contributed by atoms with Gasteiger partial charge in [-0.25, -0.2) is 4.79 Å². The summed E-state index contributed by atoms with van der Waals surface area (Å²) in [6, 6.07) is 1.55. The number of thioether (sulfide) groups is 1. The Morgan fingerprint density at radius 3 is 2.52 bits per heavy atom. The number of nitrogen functional groups attached to an aromatic ring is 1. The predicted octanol–water partition coefficient (Wildman–Crippen LogP) is 2.18. The zero-order valence-corrected chi connectivity index (χ0v) is 14.3. The second-order valence-corrected chi connectivity index (χ2v) is 5.93. The van der Waals surface area contributed by atoms with Crippen molar-refractivity contribution in [3.8, 4) is 5.75 Å². The maximum Gasteiger partial charge on any atom is 0.333 e. The number of rotatable bonds is 8. The van der Waals surface area contributed by atoms with Gasteiger partial charge in [0.25, 0.3) is 0 Å². The van der Waals surface area contributed by atoms with Crippen LogP contribution in [0.3, 0.4) is 0 Å². The van der Waals surface area contributed by atoms with E-state index in [2.05, 4.69) is 6.58 Å². The van der Waals surface area contributed by atoms with E-state index in [1.54, 1.807) is 13.0 Å². The van der Waals surface area contributed by atoms with Gasteiger partial charge in [0, 0.05) is 28.1 Å². The Morgan fingerprint density at radius 1 is 1.39 bits per heavy atom. The summed E-state index contributed by atoms with van der Waals surface area (Å²) in [5.74, 6) is 0.236. The molecule has 0 unspecified atom stereocenters. The molecule has 7 heteroatoms. The lowest BCUT2D eigenvalue weighted by Gasteiger charge is -2.17. The molecule has 1 rings (SSSR count). The van der Waals surface area contributed by atoms with Gasteiger partial charge in [0.15, 0.2) is 5.78 Å². The highest BCUT2D eigenvalue weighted by Gasteiger charge is 2.19. The number of methoxy groups -OCH3 is 1. The Bertz CT molecular complexity index is 627. The number of nitrogens with two attached hydrogens (primary N) is 1. The van der Waals surface area contributed by atoms with Crippen molar-refractivity contribution in [3.05, 3.63) is 29.3 Å². The molecule has 0 radical (unpaired) electrons. The minimum absolute atomic E-state index is 0.179. The highest BCUT2D eigenvalue weighted by molar-refractivity contribution is 7.99. The van der Waals surface area contributed by atoms with Crippen molar-refractivity contribution in [2.45, 2.75) is 25.3 Å². The Kier molecular flexibility index (Phi) is 7.12. The number of ether oxygens (including phenoxy) is 2. The molecule has 0 atom stereocenters. The van der Waals surface area contributed by atoms with E-state index >= 15 is 0 Å². The van der Waals surface area contributed by atoms with Gasteiger partial charge in [-0.1, -0.05) is 6.58 Å². The van der Waals surface area contributed by atoms with E-state index in [1.807, 2.05) is 0 Å². The van der Waals surface area contributed by atoms with E-state index in [0.29, 0.717) is 33.1 Å². The van der Waals surface area contributed by atoms with Crippen LogP contribution in [0.1, 0.15) is 29.8 Å². The van der Waals surface area contributed by atoms with E-state index in [0.717, 1.165) is 0 Å². The molecular weight excluding hydrogens is 318 g/mol. The Balaban J connectivity index is 2.97. The minimum Gasteiger partial charge on any atom is -0.496 e. The summed E-state index contributed by atoms with van der Waals surface area (Å²) < 4.78 is 10.3. The van der Waals surface area contributed by atoms with Crippen LogP contribution in [0.4, 0.5) is 5.69 Å². The number of Topliss-reactive ketones (excluding diaryl/α,β-unsaturated/α-hetero) is 1. The standard InChI is InChI=1S/C16H21NO5S/c1-9(2)16(20)22-5-6-23-15-12(8-18)14(17)11(10(3)19)7-13(15)21-4/h7,18H,1,5-6,8,17H2,2-4H3. The predicted molar refractivity (Wildman–Crippen MR) is 89.8 cm³/mol. The third-order valence-corrected chi connectivity index (χ3v) is 4.16. The van der Waals surface area contributed by atoms with Gasteiger partial charge in [0.2, 0.25) is 0 Å². The molecule has 0 heterocycles. The molecule has 0 aliphatic carbocycles. The number of hydrogen-bond acceptors (Lipinski definition) is 7. The Hall–Kier alpha value is -1.99. The monoisotopic (exact) mass is 339 g/mol. The van der Waals surface area contributed by atoms with Crippen molar-refractivity contribution in [2.24, 2.45) is 0 Å². The number of hydrogen-bond donors (Lipinski definition) is 2. The van der Waals surface area contributed by atoms with E-state index in [9.17, 15) is 14.7 Å². The van der Waals surface area contributed by atoms with Crippen LogP contribution in [0.5, 0.6) is 5.75 Å². The van der Waals surface area contributed by atoms with Gasteiger partial charge in [-0.05, 0) is 19.9 Å². The molecule has 0 spiro atoms. The molecule has 0 saturated heterocycles. The highest BCUT2D eigenvalue weighted by atomic mass is 32.2. The van der Waals surface area contributed by atoms with Crippen LogP contribution in [0.15, 0.2) is 23.1 Å². The zero-order chi connectivity index (χ0) is 17.6. The number of carbonyl (C=O) groups is 2. The molecule has 23 heavy (non-hydrogen) atoms. The molecule has 0 aliphatic heterocycles. The third kappa shape index (κ3) is 4.74. The van der Waals surface area contributed by atoms with E-state index in [4.69, 9.17) is 15.2 Å². The van der Waals surface area contributed by atoms with Crippen LogP contribution in [0, 0.1) is 0 Å². The van der Waals surface area contributed by atoms with Gasteiger partial charge in [-0.2, -0.15) is 0 Å². The van der Waals surface area contributed by atoms with Crippen LogP contribution in [-0.2, 0) is 16.1 Å². The molecule has 6 nitrogen and oxygen atoms in total. The largest absolute Gasteiger partial charge is 0.496 e. The lowest BCUT2D eigenvalue weighted by Crippen LogP contribution is -2.09. The van der Waals surface area contributed by atoms with Crippen LogP contribution in [0.25, 0.3) is 0 Å². The number of ketones is 1.